The van der Waals surface area contributed by atoms with Gasteiger partial charge in [0.05, 0.1) is 21.6 Å². The van der Waals surface area contributed by atoms with Crippen LogP contribution in [0, 0.1) is 11.6 Å². The number of fused-ring (bicyclic) bond motifs is 1. The van der Waals surface area contributed by atoms with Gasteiger partial charge in [0.2, 0.25) is 0 Å². The lowest BCUT2D eigenvalue weighted by molar-refractivity contribution is 0.476. The van der Waals surface area contributed by atoms with Crippen LogP contribution in [0.25, 0.3) is 22.2 Å². The standard InChI is InChI=1S/C20H12ClF2N3O2/c21-15-7-14-17(8-18(15)27)25-19(26-20(14)28)3-10-1-2-16(24-9-10)11-4-12(22)6-13(23)5-11/h1-2,4-9,27H,3H2,(H,25,26,28). The van der Waals surface area contributed by atoms with E-state index >= 15 is 0 Å². The number of nitrogens with one attached hydrogen (secondary N) is 1. The predicted molar refractivity (Wildman–Crippen MR) is 101 cm³/mol. The van der Waals surface area contributed by atoms with Gasteiger partial charge in [-0.05, 0) is 29.8 Å². The molecule has 0 amide bonds. The molecule has 4 aromatic rings. The van der Waals surface area contributed by atoms with Crippen LogP contribution in [-0.4, -0.2) is 20.1 Å². The van der Waals surface area contributed by atoms with Crippen LogP contribution in [0.15, 0.2) is 53.5 Å². The monoisotopic (exact) mass is 399 g/mol. The van der Waals surface area contributed by atoms with Crippen molar-refractivity contribution in [2.45, 2.75) is 6.42 Å². The average Bonchev–Trinajstić information content (AvgIpc) is 2.63. The average molecular weight is 400 g/mol. The van der Waals surface area contributed by atoms with Crippen molar-refractivity contribution in [3.05, 3.63) is 87.1 Å². The molecule has 0 atom stereocenters. The fourth-order valence-electron chi connectivity index (χ4n) is 2.88. The number of aromatic hydroxyl groups is 1. The summed E-state index contributed by atoms with van der Waals surface area (Å²) < 4.78 is 26.7. The van der Waals surface area contributed by atoms with Crippen molar-refractivity contribution in [3.63, 3.8) is 0 Å². The fourth-order valence-corrected chi connectivity index (χ4v) is 3.04. The molecule has 0 fully saturated rings. The molecule has 0 aliphatic carbocycles. The maximum absolute atomic E-state index is 13.4. The number of rotatable bonds is 3. The van der Waals surface area contributed by atoms with Crippen LogP contribution in [0.1, 0.15) is 11.4 Å². The van der Waals surface area contributed by atoms with E-state index in [0.717, 1.165) is 11.6 Å². The largest absolute Gasteiger partial charge is 0.506 e. The highest BCUT2D eigenvalue weighted by Gasteiger charge is 2.10. The van der Waals surface area contributed by atoms with Gasteiger partial charge in [0.15, 0.2) is 0 Å². The van der Waals surface area contributed by atoms with Crippen molar-refractivity contribution in [1.29, 1.82) is 0 Å². The van der Waals surface area contributed by atoms with Gasteiger partial charge in [-0.2, -0.15) is 0 Å². The molecule has 0 aliphatic rings. The Labute approximate surface area is 162 Å². The molecule has 0 unspecified atom stereocenters. The second-order valence-electron chi connectivity index (χ2n) is 6.22. The summed E-state index contributed by atoms with van der Waals surface area (Å²) in [5, 5.41) is 10.1. The molecule has 5 nitrogen and oxygen atoms in total. The van der Waals surface area contributed by atoms with Crippen molar-refractivity contribution < 1.29 is 13.9 Å². The van der Waals surface area contributed by atoms with E-state index in [1.54, 1.807) is 18.3 Å². The van der Waals surface area contributed by atoms with Gasteiger partial charge >= 0.3 is 0 Å². The van der Waals surface area contributed by atoms with E-state index in [0.29, 0.717) is 22.6 Å². The maximum atomic E-state index is 13.4. The summed E-state index contributed by atoms with van der Waals surface area (Å²) in [5.74, 6) is -1.14. The second-order valence-corrected chi connectivity index (χ2v) is 6.63. The third-order valence-corrected chi connectivity index (χ3v) is 4.48. The molecular weight excluding hydrogens is 388 g/mol. The van der Waals surface area contributed by atoms with Crippen molar-refractivity contribution in [2.24, 2.45) is 0 Å². The van der Waals surface area contributed by atoms with Gasteiger partial charge in [-0.1, -0.05) is 17.7 Å². The van der Waals surface area contributed by atoms with Crippen molar-refractivity contribution >= 4 is 22.5 Å². The van der Waals surface area contributed by atoms with Crippen LogP contribution in [0.5, 0.6) is 5.75 Å². The molecule has 2 aromatic heterocycles. The SMILES string of the molecule is O=c1[nH]c(Cc2ccc(-c3cc(F)cc(F)c3)nc2)nc2cc(O)c(Cl)cc12. The number of benzene rings is 2. The van der Waals surface area contributed by atoms with Crippen molar-refractivity contribution in [2.75, 3.05) is 0 Å². The van der Waals surface area contributed by atoms with Crippen LogP contribution in [0.2, 0.25) is 5.02 Å². The first-order valence-corrected chi connectivity index (χ1v) is 8.59. The first-order chi connectivity index (χ1) is 13.4. The summed E-state index contributed by atoms with van der Waals surface area (Å²) in [6.45, 7) is 0. The highest BCUT2D eigenvalue weighted by Crippen LogP contribution is 2.26. The number of hydrogen-bond acceptors (Lipinski definition) is 4. The summed E-state index contributed by atoms with van der Waals surface area (Å²) in [6.07, 6.45) is 1.82. The summed E-state index contributed by atoms with van der Waals surface area (Å²) >= 11 is 5.83. The van der Waals surface area contributed by atoms with E-state index < -0.39 is 11.6 Å². The van der Waals surface area contributed by atoms with Gasteiger partial charge < -0.3 is 10.1 Å². The molecule has 0 aliphatic heterocycles. The molecule has 0 saturated heterocycles. The maximum Gasteiger partial charge on any atom is 0.258 e. The van der Waals surface area contributed by atoms with E-state index in [1.165, 1.54) is 24.3 Å². The zero-order chi connectivity index (χ0) is 19.8. The third kappa shape index (κ3) is 3.57. The number of aromatic amines is 1. The number of phenolic OH excluding ortho intramolecular Hbond substituents is 1. The lowest BCUT2D eigenvalue weighted by Gasteiger charge is -2.06. The Morgan fingerprint density at radius 1 is 1.07 bits per heavy atom. The number of hydrogen-bond donors (Lipinski definition) is 2. The zero-order valence-corrected chi connectivity index (χ0v) is 15.0. The fraction of sp³-hybridized carbons (Fsp3) is 0.0500. The van der Waals surface area contributed by atoms with E-state index in [4.69, 9.17) is 11.6 Å². The highest BCUT2D eigenvalue weighted by atomic mass is 35.5. The zero-order valence-electron chi connectivity index (χ0n) is 14.2. The predicted octanol–water partition coefficient (Wildman–Crippen LogP) is 4.21. The Balaban J connectivity index is 1.64. The Morgan fingerprint density at radius 2 is 1.82 bits per heavy atom. The number of H-pyrrole nitrogens is 1. The Hall–Kier alpha value is -3.32. The molecule has 2 aromatic carbocycles. The van der Waals surface area contributed by atoms with E-state index in [1.807, 2.05) is 0 Å². The smallest absolute Gasteiger partial charge is 0.258 e. The van der Waals surface area contributed by atoms with Gasteiger partial charge in [-0.15, -0.1) is 0 Å². The van der Waals surface area contributed by atoms with Gasteiger partial charge in [-0.25, -0.2) is 13.8 Å². The number of phenols is 1. The molecule has 8 heteroatoms. The van der Waals surface area contributed by atoms with Crippen LogP contribution in [0.4, 0.5) is 8.78 Å². The van der Waals surface area contributed by atoms with Crippen molar-refractivity contribution in [1.82, 2.24) is 15.0 Å². The minimum absolute atomic E-state index is 0.0705. The molecule has 0 radical (unpaired) electrons. The first kappa shape index (κ1) is 18.1. The molecule has 28 heavy (non-hydrogen) atoms. The van der Waals surface area contributed by atoms with E-state index in [-0.39, 0.29) is 28.1 Å². The van der Waals surface area contributed by atoms with Gasteiger partial charge in [0.25, 0.3) is 5.56 Å². The van der Waals surface area contributed by atoms with Crippen LogP contribution in [0.3, 0.4) is 0 Å². The molecule has 140 valence electrons. The summed E-state index contributed by atoms with van der Waals surface area (Å²) in [5.41, 5.74) is 1.43. The normalized spacial score (nSPS) is 11.1. The van der Waals surface area contributed by atoms with E-state index in [9.17, 15) is 18.7 Å². The lowest BCUT2D eigenvalue weighted by atomic mass is 10.1. The van der Waals surface area contributed by atoms with Crippen molar-refractivity contribution in [3.8, 4) is 17.0 Å². The summed E-state index contributed by atoms with van der Waals surface area (Å²) in [7, 11) is 0. The molecule has 4 rings (SSSR count). The number of aromatic nitrogens is 3. The highest BCUT2D eigenvalue weighted by molar-refractivity contribution is 6.32. The second kappa shape index (κ2) is 7.01. The summed E-state index contributed by atoms with van der Waals surface area (Å²) in [4.78, 5) is 23.5. The number of halogens is 3. The van der Waals surface area contributed by atoms with Gasteiger partial charge in [0, 0.05) is 30.3 Å². The molecule has 0 bridgehead atoms. The quantitative estimate of drug-likeness (QED) is 0.541. The molecule has 0 spiro atoms. The topological polar surface area (TPSA) is 78.9 Å². The van der Waals surface area contributed by atoms with Gasteiger partial charge in [-0.3, -0.25) is 9.78 Å². The van der Waals surface area contributed by atoms with Crippen LogP contribution in [-0.2, 0) is 6.42 Å². The Bertz CT molecular complexity index is 1240. The third-order valence-electron chi connectivity index (χ3n) is 4.18. The number of pyridine rings is 1. The Morgan fingerprint density at radius 3 is 2.50 bits per heavy atom. The van der Waals surface area contributed by atoms with Crippen LogP contribution >= 0.6 is 11.6 Å². The first-order valence-electron chi connectivity index (χ1n) is 8.22. The Kier molecular flexibility index (Phi) is 4.52. The molecule has 2 N–H and O–H groups in total. The molecular formula is C20H12ClF2N3O2. The molecule has 2 heterocycles. The van der Waals surface area contributed by atoms with Crippen LogP contribution < -0.4 is 5.56 Å². The molecule has 0 saturated carbocycles. The minimum Gasteiger partial charge on any atom is -0.506 e. The lowest BCUT2D eigenvalue weighted by Crippen LogP contribution is -2.12. The van der Waals surface area contributed by atoms with E-state index in [2.05, 4.69) is 15.0 Å². The summed E-state index contributed by atoms with van der Waals surface area (Å²) in [6, 6.07) is 9.25. The van der Waals surface area contributed by atoms with Gasteiger partial charge in [0.1, 0.15) is 23.2 Å². The minimum atomic E-state index is -0.679. The number of nitrogens with zero attached hydrogens (tertiary/aromatic N) is 2.